The molecule has 0 N–H and O–H groups in total. The number of benzene rings is 1. The lowest BCUT2D eigenvalue weighted by Gasteiger charge is -2.09. The Morgan fingerprint density at radius 1 is 1.05 bits per heavy atom. The van der Waals surface area contributed by atoms with Crippen molar-refractivity contribution >= 4 is 16.8 Å². The minimum Gasteiger partial charge on any atom is -0.275 e. The number of hydrogen-bond acceptors (Lipinski definition) is 2. The molecular formula is C12H4ClF4NO. The van der Waals surface area contributed by atoms with Gasteiger partial charge in [0, 0.05) is 18.0 Å². The van der Waals surface area contributed by atoms with Crippen molar-refractivity contribution in [3.63, 3.8) is 0 Å². The second-order valence-electron chi connectivity index (χ2n) is 3.52. The monoisotopic (exact) mass is 289 g/mol. The Balaban J connectivity index is 2.82. The van der Waals surface area contributed by atoms with Crippen LogP contribution in [0.5, 0.6) is 0 Å². The summed E-state index contributed by atoms with van der Waals surface area (Å²) in [6.07, 6.45) is 2.35. The SMILES string of the molecule is O=C(Cl)c1c(F)c(F)c(-c2cccnc2)c(F)c1F. The molecule has 0 aliphatic rings. The summed E-state index contributed by atoms with van der Waals surface area (Å²) in [5, 5.41) is -1.62. The zero-order valence-corrected chi connectivity index (χ0v) is 9.81. The quantitative estimate of drug-likeness (QED) is 0.479. The van der Waals surface area contributed by atoms with Crippen LogP contribution in [0.25, 0.3) is 11.1 Å². The van der Waals surface area contributed by atoms with E-state index in [0.29, 0.717) is 0 Å². The molecule has 2 aromatic rings. The van der Waals surface area contributed by atoms with Crippen molar-refractivity contribution in [2.45, 2.75) is 0 Å². The molecule has 0 radical (unpaired) electrons. The van der Waals surface area contributed by atoms with E-state index in [1.807, 2.05) is 0 Å². The summed E-state index contributed by atoms with van der Waals surface area (Å²) < 4.78 is 54.5. The fourth-order valence-electron chi connectivity index (χ4n) is 1.57. The van der Waals surface area contributed by atoms with E-state index >= 15 is 0 Å². The second kappa shape index (κ2) is 4.97. The molecule has 0 bridgehead atoms. The van der Waals surface area contributed by atoms with Crippen LogP contribution in [0.1, 0.15) is 10.4 Å². The molecule has 0 aliphatic carbocycles. The topological polar surface area (TPSA) is 30.0 Å². The Hall–Kier alpha value is -1.95. The van der Waals surface area contributed by atoms with E-state index in [2.05, 4.69) is 4.98 Å². The van der Waals surface area contributed by atoms with Gasteiger partial charge in [-0.25, -0.2) is 17.6 Å². The van der Waals surface area contributed by atoms with Crippen LogP contribution in [0.3, 0.4) is 0 Å². The maximum atomic E-state index is 13.7. The Kier molecular flexibility index (Phi) is 3.53. The van der Waals surface area contributed by atoms with E-state index in [9.17, 15) is 22.4 Å². The van der Waals surface area contributed by atoms with Crippen molar-refractivity contribution in [2.24, 2.45) is 0 Å². The summed E-state index contributed by atoms with van der Waals surface area (Å²) in [4.78, 5) is 14.4. The first kappa shape index (κ1) is 13.5. The number of nitrogens with zero attached hydrogens (tertiary/aromatic N) is 1. The standard InChI is InChI=1S/C12H4ClF4NO/c13-12(19)7-10(16)8(14)6(9(15)11(7)17)5-2-1-3-18-4-5/h1-4H. The average Bonchev–Trinajstić information content (AvgIpc) is 2.38. The first-order chi connectivity index (χ1) is 8.95. The summed E-state index contributed by atoms with van der Waals surface area (Å²) in [6, 6.07) is 2.56. The Labute approximate surface area is 109 Å². The van der Waals surface area contributed by atoms with E-state index in [0.717, 1.165) is 6.20 Å². The molecule has 0 unspecified atom stereocenters. The van der Waals surface area contributed by atoms with Crippen LogP contribution in [-0.2, 0) is 0 Å². The van der Waals surface area contributed by atoms with Gasteiger partial charge in [-0.15, -0.1) is 0 Å². The number of carbonyl (C=O) groups is 1. The maximum absolute atomic E-state index is 13.7. The maximum Gasteiger partial charge on any atom is 0.258 e. The summed E-state index contributed by atoms with van der Waals surface area (Å²) >= 11 is 4.89. The van der Waals surface area contributed by atoms with Gasteiger partial charge in [-0.2, -0.15) is 0 Å². The molecule has 0 saturated heterocycles. The van der Waals surface area contributed by atoms with Crippen LogP contribution in [-0.4, -0.2) is 10.2 Å². The number of halogens is 5. The Bertz CT molecular complexity index is 632. The summed E-state index contributed by atoms with van der Waals surface area (Å²) in [6.45, 7) is 0. The molecule has 0 fully saturated rings. The smallest absolute Gasteiger partial charge is 0.258 e. The molecule has 0 saturated carbocycles. The molecule has 19 heavy (non-hydrogen) atoms. The Morgan fingerprint density at radius 3 is 2.05 bits per heavy atom. The van der Waals surface area contributed by atoms with Crippen LogP contribution in [0, 0.1) is 23.3 Å². The molecular weight excluding hydrogens is 286 g/mol. The molecule has 2 nitrogen and oxygen atoms in total. The van der Waals surface area contributed by atoms with Gasteiger partial charge in [-0.1, -0.05) is 6.07 Å². The predicted octanol–water partition coefficient (Wildman–Crippen LogP) is 3.68. The van der Waals surface area contributed by atoms with Gasteiger partial charge >= 0.3 is 0 Å². The number of hydrogen-bond donors (Lipinski definition) is 0. The number of aromatic nitrogens is 1. The highest BCUT2D eigenvalue weighted by molar-refractivity contribution is 6.67. The van der Waals surface area contributed by atoms with Gasteiger partial charge < -0.3 is 0 Å². The van der Waals surface area contributed by atoms with Gasteiger partial charge in [0.15, 0.2) is 23.3 Å². The van der Waals surface area contributed by atoms with E-state index < -0.39 is 39.6 Å². The molecule has 0 atom stereocenters. The van der Waals surface area contributed by atoms with E-state index in [1.165, 1.54) is 18.3 Å². The summed E-state index contributed by atoms with van der Waals surface area (Å²) in [5.74, 6) is -7.07. The van der Waals surface area contributed by atoms with Gasteiger partial charge in [0.1, 0.15) is 5.56 Å². The van der Waals surface area contributed by atoms with E-state index in [4.69, 9.17) is 11.6 Å². The van der Waals surface area contributed by atoms with E-state index in [-0.39, 0.29) is 5.56 Å². The van der Waals surface area contributed by atoms with Gasteiger partial charge in [0.2, 0.25) is 0 Å². The van der Waals surface area contributed by atoms with Gasteiger partial charge in [0.25, 0.3) is 5.24 Å². The molecule has 7 heteroatoms. The van der Waals surface area contributed by atoms with E-state index in [1.54, 1.807) is 0 Å². The van der Waals surface area contributed by atoms with Crippen molar-refractivity contribution in [1.82, 2.24) is 4.98 Å². The van der Waals surface area contributed by atoms with Gasteiger partial charge in [-0.3, -0.25) is 9.78 Å². The zero-order chi connectivity index (χ0) is 14.2. The number of carbonyl (C=O) groups excluding carboxylic acids is 1. The third-order valence-corrected chi connectivity index (χ3v) is 2.60. The highest BCUT2D eigenvalue weighted by Crippen LogP contribution is 2.32. The molecule has 0 aliphatic heterocycles. The molecule has 2 rings (SSSR count). The van der Waals surface area contributed by atoms with Crippen molar-refractivity contribution in [3.8, 4) is 11.1 Å². The lowest BCUT2D eigenvalue weighted by Crippen LogP contribution is -2.08. The predicted molar refractivity (Wildman–Crippen MR) is 59.7 cm³/mol. The summed E-state index contributed by atoms with van der Waals surface area (Å²) in [5.41, 5.74) is -2.56. The van der Waals surface area contributed by atoms with Gasteiger partial charge in [-0.05, 0) is 17.7 Å². The largest absolute Gasteiger partial charge is 0.275 e. The van der Waals surface area contributed by atoms with Crippen LogP contribution in [0.4, 0.5) is 17.6 Å². The molecule has 1 aromatic heterocycles. The fourth-order valence-corrected chi connectivity index (χ4v) is 1.73. The molecule has 1 heterocycles. The first-order valence-corrected chi connectivity index (χ1v) is 5.29. The average molecular weight is 290 g/mol. The highest BCUT2D eigenvalue weighted by Gasteiger charge is 2.29. The molecule has 1 aromatic carbocycles. The van der Waals surface area contributed by atoms with Crippen LogP contribution < -0.4 is 0 Å². The minimum atomic E-state index is -1.84. The number of pyridine rings is 1. The third kappa shape index (κ3) is 2.19. The van der Waals surface area contributed by atoms with Crippen molar-refractivity contribution in [3.05, 3.63) is 53.4 Å². The van der Waals surface area contributed by atoms with Crippen molar-refractivity contribution < 1.29 is 22.4 Å². The minimum absolute atomic E-state index is 0.163. The second-order valence-corrected chi connectivity index (χ2v) is 3.86. The fraction of sp³-hybridized carbons (Fsp3) is 0. The normalized spacial score (nSPS) is 10.6. The Morgan fingerprint density at radius 2 is 1.63 bits per heavy atom. The highest BCUT2D eigenvalue weighted by atomic mass is 35.5. The molecule has 0 amide bonds. The zero-order valence-electron chi connectivity index (χ0n) is 9.05. The van der Waals surface area contributed by atoms with Crippen LogP contribution in [0.2, 0.25) is 0 Å². The van der Waals surface area contributed by atoms with Crippen molar-refractivity contribution in [2.75, 3.05) is 0 Å². The first-order valence-electron chi connectivity index (χ1n) is 4.91. The van der Waals surface area contributed by atoms with Gasteiger partial charge in [0.05, 0.1) is 5.56 Å². The molecule has 98 valence electrons. The van der Waals surface area contributed by atoms with Crippen LogP contribution in [0.15, 0.2) is 24.5 Å². The van der Waals surface area contributed by atoms with Crippen LogP contribution >= 0.6 is 11.6 Å². The van der Waals surface area contributed by atoms with Crippen molar-refractivity contribution in [1.29, 1.82) is 0 Å². The lowest BCUT2D eigenvalue weighted by molar-refractivity contribution is 0.107. The summed E-state index contributed by atoms with van der Waals surface area (Å²) in [7, 11) is 0. The lowest BCUT2D eigenvalue weighted by atomic mass is 10.0. The third-order valence-electron chi connectivity index (χ3n) is 2.41. The molecule has 0 spiro atoms. The number of rotatable bonds is 2.